The third-order valence-corrected chi connectivity index (χ3v) is 5.48. The van der Waals surface area contributed by atoms with E-state index in [1.807, 2.05) is 0 Å². The van der Waals surface area contributed by atoms with Crippen molar-refractivity contribution in [2.75, 3.05) is 0 Å². The van der Waals surface area contributed by atoms with Crippen molar-refractivity contribution in [1.82, 2.24) is 0 Å². The van der Waals surface area contributed by atoms with Gasteiger partial charge in [0.05, 0.1) is 0 Å². The molecule has 0 amide bonds. The van der Waals surface area contributed by atoms with Crippen molar-refractivity contribution in [2.45, 2.75) is 57.8 Å². The summed E-state index contributed by atoms with van der Waals surface area (Å²) in [5, 5.41) is 0. The van der Waals surface area contributed by atoms with Crippen molar-refractivity contribution in [3.8, 4) is 0 Å². The average Bonchev–Trinajstić information content (AvgIpc) is 2.76. The van der Waals surface area contributed by atoms with Gasteiger partial charge in [0, 0.05) is 5.41 Å². The molecule has 0 N–H and O–H groups in total. The zero-order chi connectivity index (χ0) is 11.9. The second-order valence-corrected chi connectivity index (χ2v) is 6.02. The summed E-state index contributed by atoms with van der Waals surface area (Å²) in [6.07, 6.45) is 8.39. The summed E-state index contributed by atoms with van der Waals surface area (Å²) in [4.78, 5) is 0. The third-order valence-electron chi connectivity index (χ3n) is 5.48. The first-order valence-corrected chi connectivity index (χ1v) is 7.41. The second kappa shape index (κ2) is 4.15. The van der Waals surface area contributed by atoms with E-state index in [9.17, 15) is 0 Å². The summed E-state index contributed by atoms with van der Waals surface area (Å²) >= 11 is 0. The highest BCUT2D eigenvalue weighted by Crippen LogP contribution is 2.62. The maximum absolute atomic E-state index is 2.42. The van der Waals surface area contributed by atoms with Crippen LogP contribution in [-0.2, 0) is 11.8 Å². The molecule has 17 heavy (non-hydrogen) atoms. The molecule has 1 saturated carbocycles. The minimum atomic E-state index is 0.585. The molecule has 92 valence electrons. The lowest BCUT2D eigenvalue weighted by Crippen LogP contribution is -2.51. The molecule has 0 heterocycles. The summed E-state index contributed by atoms with van der Waals surface area (Å²) in [7, 11) is 0. The smallest absolute Gasteiger partial charge is 0.00154 e. The van der Waals surface area contributed by atoms with Gasteiger partial charge in [-0.3, -0.25) is 0 Å². The van der Waals surface area contributed by atoms with Gasteiger partial charge in [0.2, 0.25) is 0 Å². The van der Waals surface area contributed by atoms with Crippen LogP contribution >= 0.6 is 0 Å². The minimum absolute atomic E-state index is 0.585. The molecule has 0 nitrogen and oxygen atoms in total. The Bertz CT molecular complexity index is 406. The van der Waals surface area contributed by atoms with Crippen molar-refractivity contribution in [1.29, 1.82) is 0 Å². The lowest BCUT2D eigenvalue weighted by molar-refractivity contribution is 0.0160. The molecule has 1 aromatic carbocycles. The molecule has 0 aromatic heterocycles. The lowest BCUT2D eigenvalue weighted by Gasteiger charge is -2.55. The Balaban J connectivity index is 1.99. The summed E-state index contributed by atoms with van der Waals surface area (Å²) in [5.41, 5.74) is 3.95. The van der Waals surface area contributed by atoms with Crippen LogP contribution in [0.25, 0.3) is 0 Å². The van der Waals surface area contributed by atoms with E-state index in [0.717, 1.165) is 11.8 Å². The molecule has 2 aliphatic rings. The van der Waals surface area contributed by atoms with Crippen LogP contribution in [0, 0.1) is 11.8 Å². The first-order chi connectivity index (χ1) is 8.32. The predicted molar refractivity (Wildman–Crippen MR) is 73.2 cm³/mol. The monoisotopic (exact) mass is 228 g/mol. The summed E-state index contributed by atoms with van der Waals surface area (Å²) in [6.45, 7) is 4.73. The normalized spacial score (nSPS) is 34.7. The fourth-order valence-corrected chi connectivity index (χ4v) is 4.71. The van der Waals surface area contributed by atoms with E-state index >= 15 is 0 Å². The molecule has 0 heteroatoms. The zero-order valence-electron chi connectivity index (χ0n) is 11.2. The Morgan fingerprint density at radius 1 is 1.18 bits per heavy atom. The standard InChI is InChI=1S/C17H24/c1-3-7-15-12-14(4-2)17(15)11-10-13-8-5-6-9-16(13)17/h5-6,8-9,14-15H,3-4,7,10-12H2,1-2H3. The van der Waals surface area contributed by atoms with Gasteiger partial charge < -0.3 is 0 Å². The van der Waals surface area contributed by atoms with E-state index in [1.54, 1.807) is 11.1 Å². The molecule has 3 rings (SSSR count). The molecule has 3 unspecified atom stereocenters. The first kappa shape index (κ1) is 11.3. The summed E-state index contributed by atoms with van der Waals surface area (Å²) in [6, 6.07) is 9.25. The maximum atomic E-state index is 2.42. The molecular formula is C17H24. The fraction of sp³-hybridized carbons (Fsp3) is 0.647. The quantitative estimate of drug-likeness (QED) is 0.702. The summed E-state index contributed by atoms with van der Waals surface area (Å²) in [5.74, 6) is 1.93. The Hall–Kier alpha value is -0.780. The summed E-state index contributed by atoms with van der Waals surface area (Å²) < 4.78 is 0. The number of hydrogen-bond donors (Lipinski definition) is 0. The Kier molecular flexibility index (Phi) is 2.77. The van der Waals surface area contributed by atoms with Crippen molar-refractivity contribution < 1.29 is 0 Å². The molecule has 3 atom stereocenters. The van der Waals surface area contributed by atoms with Crippen molar-refractivity contribution in [3.05, 3.63) is 35.4 Å². The molecule has 1 spiro atoms. The number of benzene rings is 1. The topological polar surface area (TPSA) is 0 Å². The van der Waals surface area contributed by atoms with Crippen molar-refractivity contribution in [3.63, 3.8) is 0 Å². The maximum Gasteiger partial charge on any atom is 0.00154 e. The van der Waals surface area contributed by atoms with Gasteiger partial charge in [-0.25, -0.2) is 0 Å². The largest absolute Gasteiger partial charge is 0.0654 e. The molecule has 0 saturated heterocycles. The van der Waals surface area contributed by atoms with Gasteiger partial charge >= 0.3 is 0 Å². The molecule has 0 radical (unpaired) electrons. The minimum Gasteiger partial charge on any atom is -0.0654 e. The lowest BCUT2D eigenvalue weighted by atomic mass is 9.48. The molecule has 2 aliphatic carbocycles. The number of hydrogen-bond acceptors (Lipinski definition) is 0. The van der Waals surface area contributed by atoms with Gasteiger partial charge in [-0.2, -0.15) is 0 Å². The number of rotatable bonds is 3. The fourth-order valence-electron chi connectivity index (χ4n) is 4.71. The first-order valence-electron chi connectivity index (χ1n) is 7.41. The number of fused-ring (bicyclic) bond motifs is 2. The third kappa shape index (κ3) is 1.42. The van der Waals surface area contributed by atoms with E-state index in [0.29, 0.717) is 5.41 Å². The SMILES string of the molecule is CCCC1CC(CC)C12CCc1ccccc12. The molecule has 0 bridgehead atoms. The van der Waals surface area contributed by atoms with Crippen LogP contribution in [0.3, 0.4) is 0 Å². The van der Waals surface area contributed by atoms with E-state index in [1.165, 1.54) is 38.5 Å². The Morgan fingerprint density at radius 2 is 2.00 bits per heavy atom. The predicted octanol–water partition coefficient (Wildman–Crippen LogP) is 4.72. The van der Waals surface area contributed by atoms with E-state index < -0.39 is 0 Å². The van der Waals surface area contributed by atoms with Crippen LogP contribution < -0.4 is 0 Å². The molecule has 1 fully saturated rings. The van der Waals surface area contributed by atoms with Crippen molar-refractivity contribution >= 4 is 0 Å². The van der Waals surface area contributed by atoms with E-state index in [4.69, 9.17) is 0 Å². The molecule has 0 aliphatic heterocycles. The van der Waals surface area contributed by atoms with Gasteiger partial charge in [-0.15, -0.1) is 0 Å². The van der Waals surface area contributed by atoms with Gasteiger partial charge in [0.1, 0.15) is 0 Å². The highest BCUT2D eigenvalue weighted by atomic mass is 14.6. The second-order valence-electron chi connectivity index (χ2n) is 6.02. The van der Waals surface area contributed by atoms with Gasteiger partial charge in [0.25, 0.3) is 0 Å². The Morgan fingerprint density at radius 3 is 2.76 bits per heavy atom. The zero-order valence-corrected chi connectivity index (χ0v) is 11.2. The van der Waals surface area contributed by atoms with Crippen LogP contribution in [-0.4, -0.2) is 0 Å². The van der Waals surface area contributed by atoms with Crippen LogP contribution in [0.5, 0.6) is 0 Å². The molecule has 1 aromatic rings. The van der Waals surface area contributed by atoms with Crippen LogP contribution in [0.1, 0.15) is 57.1 Å². The van der Waals surface area contributed by atoms with E-state index in [2.05, 4.69) is 38.1 Å². The van der Waals surface area contributed by atoms with Crippen LogP contribution in [0.15, 0.2) is 24.3 Å². The van der Waals surface area contributed by atoms with Gasteiger partial charge in [-0.05, 0) is 48.6 Å². The average molecular weight is 228 g/mol. The number of aryl methyl sites for hydroxylation is 1. The van der Waals surface area contributed by atoms with Gasteiger partial charge in [-0.1, -0.05) is 51.0 Å². The van der Waals surface area contributed by atoms with Crippen molar-refractivity contribution in [2.24, 2.45) is 11.8 Å². The Labute approximate surface area is 105 Å². The molecular weight excluding hydrogens is 204 g/mol. The van der Waals surface area contributed by atoms with Gasteiger partial charge in [0.15, 0.2) is 0 Å². The highest BCUT2D eigenvalue weighted by molar-refractivity contribution is 5.43. The highest BCUT2D eigenvalue weighted by Gasteiger charge is 2.56. The van der Waals surface area contributed by atoms with Crippen LogP contribution in [0.4, 0.5) is 0 Å². The van der Waals surface area contributed by atoms with Crippen LogP contribution in [0.2, 0.25) is 0 Å². The van der Waals surface area contributed by atoms with E-state index in [-0.39, 0.29) is 0 Å².